The van der Waals surface area contributed by atoms with Gasteiger partial charge in [-0.1, -0.05) is 0 Å². The molecule has 0 aliphatic carbocycles. The van der Waals surface area contributed by atoms with Crippen molar-refractivity contribution in [1.29, 1.82) is 0 Å². The largest absolute Gasteiger partial charge is 0.468 e. The minimum Gasteiger partial charge on any atom is -0.468 e. The summed E-state index contributed by atoms with van der Waals surface area (Å²) >= 11 is 0. The summed E-state index contributed by atoms with van der Waals surface area (Å²) in [5.41, 5.74) is 0.569. The summed E-state index contributed by atoms with van der Waals surface area (Å²) in [5, 5.41) is 2.75. The summed E-state index contributed by atoms with van der Waals surface area (Å²) in [5.74, 6) is 0.412. The van der Waals surface area contributed by atoms with E-state index < -0.39 is 0 Å². The van der Waals surface area contributed by atoms with Crippen LogP contribution < -0.4 is 5.32 Å². The van der Waals surface area contributed by atoms with Gasteiger partial charge in [-0.3, -0.25) is 19.4 Å². The number of anilines is 1. The van der Waals surface area contributed by atoms with Crippen molar-refractivity contribution in [3.05, 3.63) is 54.2 Å². The molecule has 28 heavy (non-hydrogen) atoms. The lowest BCUT2D eigenvalue weighted by molar-refractivity contribution is -0.134. The highest BCUT2D eigenvalue weighted by Crippen LogP contribution is 2.09. The third-order valence-electron chi connectivity index (χ3n) is 4.63. The first-order valence-corrected chi connectivity index (χ1v) is 9.26. The lowest BCUT2D eigenvalue weighted by Crippen LogP contribution is -2.52. The SMILES string of the molecule is CN(CC(=O)N1CCN(CC(=O)Nc2ccc(F)cc2)CC1)Cc1ccco1. The number of piperazine rings is 1. The number of nitrogens with one attached hydrogen (secondary N) is 1. The van der Waals surface area contributed by atoms with Crippen molar-refractivity contribution in [2.75, 3.05) is 51.6 Å². The number of benzene rings is 1. The molecule has 1 N–H and O–H groups in total. The third-order valence-corrected chi connectivity index (χ3v) is 4.63. The number of halogens is 1. The molecule has 7 nitrogen and oxygen atoms in total. The molecule has 3 rings (SSSR count). The number of amides is 2. The topological polar surface area (TPSA) is 69.0 Å². The van der Waals surface area contributed by atoms with E-state index in [-0.39, 0.29) is 24.2 Å². The standard InChI is InChI=1S/C20H25FN4O3/c1-23(13-18-3-2-12-28-18)15-20(27)25-10-8-24(9-11-25)14-19(26)22-17-6-4-16(21)5-7-17/h2-7,12H,8-11,13-15H2,1H3,(H,22,26). The Bertz CT molecular complexity index is 771. The Morgan fingerprint density at radius 3 is 2.50 bits per heavy atom. The molecule has 8 heteroatoms. The van der Waals surface area contributed by atoms with Gasteiger partial charge in [-0.2, -0.15) is 0 Å². The van der Waals surface area contributed by atoms with Gasteiger partial charge in [0.2, 0.25) is 11.8 Å². The molecule has 1 aliphatic heterocycles. The normalized spacial score (nSPS) is 15.0. The van der Waals surface area contributed by atoms with E-state index >= 15 is 0 Å². The number of likely N-dealkylation sites (N-methyl/N-ethyl adjacent to an activating group) is 1. The van der Waals surface area contributed by atoms with Crippen LogP contribution in [0.2, 0.25) is 0 Å². The zero-order chi connectivity index (χ0) is 19.9. The summed E-state index contributed by atoms with van der Waals surface area (Å²) in [6, 6.07) is 9.39. The molecule has 2 amide bonds. The van der Waals surface area contributed by atoms with Gasteiger partial charge in [0.15, 0.2) is 0 Å². The summed E-state index contributed by atoms with van der Waals surface area (Å²) < 4.78 is 18.2. The van der Waals surface area contributed by atoms with E-state index in [2.05, 4.69) is 5.32 Å². The molecule has 0 spiro atoms. The third kappa shape index (κ3) is 5.90. The molecular weight excluding hydrogens is 363 g/mol. The first-order chi connectivity index (χ1) is 13.5. The minimum absolute atomic E-state index is 0.0736. The van der Waals surface area contributed by atoms with Crippen molar-refractivity contribution in [2.45, 2.75) is 6.54 Å². The van der Waals surface area contributed by atoms with E-state index in [1.54, 1.807) is 6.26 Å². The second kappa shape index (κ2) is 9.48. The fourth-order valence-corrected chi connectivity index (χ4v) is 3.15. The molecule has 2 heterocycles. The molecule has 1 saturated heterocycles. The fourth-order valence-electron chi connectivity index (χ4n) is 3.15. The molecule has 1 aromatic heterocycles. The van der Waals surface area contributed by atoms with Crippen LogP contribution in [0, 0.1) is 5.82 Å². The number of carbonyl (C=O) groups excluding carboxylic acids is 2. The highest BCUT2D eigenvalue weighted by molar-refractivity contribution is 5.92. The Morgan fingerprint density at radius 1 is 1.14 bits per heavy atom. The van der Waals surface area contributed by atoms with Crippen LogP contribution in [0.3, 0.4) is 0 Å². The van der Waals surface area contributed by atoms with Gasteiger partial charge in [-0.05, 0) is 43.4 Å². The molecular formula is C20H25FN4O3. The van der Waals surface area contributed by atoms with Crippen LogP contribution in [0.4, 0.5) is 10.1 Å². The molecule has 1 aliphatic rings. The maximum absolute atomic E-state index is 12.9. The number of nitrogens with zero attached hydrogens (tertiary/aromatic N) is 3. The Balaban J connectivity index is 1.38. The van der Waals surface area contributed by atoms with Crippen molar-refractivity contribution in [3.8, 4) is 0 Å². The first kappa shape index (κ1) is 20.0. The van der Waals surface area contributed by atoms with E-state index in [1.165, 1.54) is 24.3 Å². The molecule has 0 saturated carbocycles. The smallest absolute Gasteiger partial charge is 0.238 e. The number of carbonyl (C=O) groups is 2. The van der Waals surface area contributed by atoms with Crippen molar-refractivity contribution in [1.82, 2.24) is 14.7 Å². The second-order valence-corrected chi connectivity index (χ2v) is 6.96. The van der Waals surface area contributed by atoms with Crippen LogP contribution in [0.25, 0.3) is 0 Å². The number of hydrogen-bond acceptors (Lipinski definition) is 5. The summed E-state index contributed by atoms with van der Waals surface area (Å²) in [4.78, 5) is 30.4. The van der Waals surface area contributed by atoms with Gasteiger partial charge in [0, 0.05) is 31.9 Å². The Labute approximate surface area is 163 Å². The lowest BCUT2D eigenvalue weighted by atomic mass is 10.2. The van der Waals surface area contributed by atoms with Crippen molar-refractivity contribution < 1.29 is 18.4 Å². The highest BCUT2D eigenvalue weighted by Gasteiger charge is 2.23. The van der Waals surface area contributed by atoms with Gasteiger partial charge in [0.05, 0.1) is 25.9 Å². The zero-order valence-corrected chi connectivity index (χ0v) is 15.9. The molecule has 150 valence electrons. The number of rotatable bonds is 7. The van der Waals surface area contributed by atoms with E-state index in [9.17, 15) is 14.0 Å². The van der Waals surface area contributed by atoms with Crippen molar-refractivity contribution >= 4 is 17.5 Å². The minimum atomic E-state index is -0.339. The monoisotopic (exact) mass is 388 g/mol. The molecule has 0 bridgehead atoms. The van der Waals surface area contributed by atoms with E-state index in [0.717, 1.165) is 5.76 Å². The van der Waals surface area contributed by atoms with E-state index in [4.69, 9.17) is 4.42 Å². The van der Waals surface area contributed by atoms with Crippen LogP contribution in [-0.2, 0) is 16.1 Å². The molecule has 0 unspecified atom stereocenters. The molecule has 1 aromatic carbocycles. The first-order valence-electron chi connectivity index (χ1n) is 9.26. The molecule has 0 atom stereocenters. The maximum atomic E-state index is 12.9. The fraction of sp³-hybridized carbons (Fsp3) is 0.400. The highest BCUT2D eigenvalue weighted by atomic mass is 19.1. The molecule has 0 radical (unpaired) electrons. The maximum Gasteiger partial charge on any atom is 0.238 e. The number of hydrogen-bond donors (Lipinski definition) is 1. The number of furan rings is 1. The summed E-state index contributed by atoms with van der Waals surface area (Å²) in [7, 11) is 1.89. The summed E-state index contributed by atoms with van der Waals surface area (Å²) in [6.45, 7) is 3.63. The second-order valence-electron chi connectivity index (χ2n) is 6.96. The average molecular weight is 388 g/mol. The van der Waals surface area contributed by atoms with Gasteiger partial charge >= 0.3 is 0 Å². The van der Waals surface area contributed by atoms with Crippen LogP contribution in [-0.4, -0.2) is 72.8 Å². The van der Waals surface area contributed by atoms with Crippen LogP contribution >= 0.6 is 0 Å². The van der Waals surface area contributed by atoms with Crippen LogP contribution in [0.15, 0.2) is 47.1 Å². The van der Waals surface area contributed by atoms with Crippen molar-refractivity contribution in [2.24, 2.45) is 0 Å². The Hall–Kier alpha value is -2.71. The van der Waals surface area contributed by atoms with Gasteiger partial charge in [-0.25, -0.2) is 4.39 Å². The van der Waals surface area contributed by atoms with Gasteiger partial charge in [0.1, 0.15) is 11.6 Å². The quantitative estimate of drug-likeness (QED) is 0.781. The Kier molecular flexibility index (Phi) is 6.78. The van der Waals surface area contributed by atoms with Gasteiger partial charge in [0.25, 0.3) is 0 Å². The lowest BCUT2D eigenvalue weighted by Gasteiger charge is -2.35. The van der Waals surface area contributed by atoms with Crippen LogP contribution in [0.1, 0.15) is 5.76 Å². The van der Waals surface area contributed by atoms with E-state index in [1.807, 2.05) is 33.9 Å². The average Bonchev–Trinajstić information content (AvgIpc) is 3.17. The van der Waals surface area contributed by atoms with Crippen molar-refractivity contribution in [3.63, 3.8) is 0 Å². The molecule has 1 fully saturated rings. The van der Waals surface area contributed by atoms with Gasteiger partial charge < -0.3 is 14.6 Å². The molecule has 2 aromatic rings. The van der Waals surface area contributed by atoms with Crippen LogP contribution in [0.5, 0.6) is 0 Å². The van der Waals surface area contributed by atoms with Gasteiger partial charge in [-0.15, -0.1) is 0 Å². The summed E-state index contributed by atoms with van der Waals surface area (Å²) in [6.07, 6.45) is 1.62. The van der Waals surface area contributed by atoms with E-state index in [0.29, 0.717) is 45.0 Å². The predicted molar refractivity (Wildman–Crippen MR) is 103 cm³/mol. The zero-order valence-electron chi connectivity index (χ0n) is 15.9. The predicted octanol–water partition coefficient (Wildman–Crippen LogP) is 1.63. The Morgan fingerprint density at radius 2 is 1.86 bits per heavy atom.